The van der Waals surface area contributed by atoms with Crippen LogP contribution < -0.4 is 20.1 Å². The van der Waals surface area contributed by atoms with E-state index in [0.717, 1.165) is 5.56 Å². The third kappa shape index (κ3) is 5.82. The van der Waals surface area contributed by atoms with Gasteiger partial charge in [-0.15, -0.1) is 0 Å². The van der Waals surface area contributed by atoms with Gasteiger partial charge in [-0.2, -0.15) is 0 Å². The molecule has 0 spiro atoms. The summed E-state index contributed by atoms with van der Waals surface area (Å²) in [6, 6.07) is 14.1. The van der Waals surface area contributed by atoms with Crippen molar-refractivity contribution in [2.45, 2.75) is 11.8 Å². The molecule has 1 aromatic heterocycles. The van der Waals surface area contributed by atoms with Crippen molar-refractivity contribution < 1.29 is 22.7 Å². The Labute approximate surface area is 185 Å². The van der Waals surface area contributed by atoms with E-state index < -0.39 is 21.8 Å². The van der Waals surface area contributed by atoms with Gasteiger partial charge in [0.2, 0.25) is 5.91 Å². The van der Waals surface area contributed by atoms with E-state index in [1.807, 2.05) is 6.92 Å². The molecule has 0 fully saturated rings. The van der Waals surface area contributed by atoms with E-state index >= 15 is 0 Å². The fraction of sp³-hybridized carbons (Fsp3) is 0.136. The number of rotatable bonds is 8. The molecule has 3 N–H and O–H groups in total. The Bertz CT molecular complexity index is 1210. The molecule has 0 aliphatic heterocycles. The number of aromatic nitrogens is 1. The summed E-state index contributed by atoms with van der Waals surface area (Å²) in [4.78, 5) is 28.2. The van der Waals surface area contributed by atoms with Crippen LogP contribution in [0.1, 0.15) is 15.9 Å². The molecule has 0 aliphatic carbocycles. The number of benzene rings is 2. The van der Waals surface area contributed by atoms with Gasteiger partial charge in [-0.25, -0.2) is 8.42 Å². The Balaban J connectivity index is 1.73. The molecule has 0 saturated heterocycles. The van der Waals surface area contributed by atoms with Crippen LogP contribution >= 0.6 is 0 Å². The Morgan fingerprint density at radius 1 is 1.03 bits per heavy atom. The molecule has 32 heavy (non-hydrogen) atoms. The van der Waals surface area contributed by atoms with Crippen molar-refractivity contribution in [1.82, 2.24) is 10.3 Å². The number of pyridine rings is 1. The fourth-order valence-corrected chi connectivity index (χ4v) is 4.02. The predicted octanol–water partition coefficient (Wildman–Crippen LogP) is 2.57. The maximum Gasteiger partial charge on any atom is 0.265 e. The first-order valence-electron chi connectivity index (χ1n) is 9.54. The van der Waals surface area contributed by atoms with E-state index in [1.54, 1.807) is 42.6 Å². The Morgan fingerprint density at radius 3 is 2.44 bits per heavy atom. The van der Waals surface area contributed by atoms with Crippen LogP contribution in [0.2, 0.25) is 0 Å². The molecular formula is C22H22N4O5S. The number of sulfonamides is 1. The number of hydrogen-bond donors (Lipinski definition) is 3. The number of anilines is 2. The average Bonchev–Trinajstić information content (AvgIpc) is 2.79. The minimum absolute atomic E-state index is 0.0595. The number of aryl methyl sites for hydroxylation is 1. The van der Waals surface area contributed by atoms with Crippen molar-refractivity contribution >= 4 is 33.2 Å². The number of nitrogens with one attached hydrogen (secondary N) is 3. The zero-order chi connectivity index (χ0) is 23.1. The second kappa shape index (κ2) is 9.92. The van der Waals surface area contributed by atoms with Gasteiger partial charge in [0.25, 0.3) is 15.9 Å². The van der Waals surface area contributed by atoms with E-state index in [1.165, 1.54) is 31.5 Å². The molecule has 0 saturated carbocycles. The Kier molecular flexibility index (Phi) is 7.06. The summed E-state index contributed by atoms with van der Waals surface area (Å²) < 4.78 is 33.5. The van der Waals surface area contributed by atoms with Gasteiger partial charge in [0.1, 0.15) is 10.6 Å². The lowest BCUT2D eigenvalue weighted by molar-refractivity contribution is -0.115. The summed E-state index contributed by atoms with van der Waals surface area (Å²) in [5.74, 6) is -0.981. The van der Waals surface area contributed by atoms with E-state index in [-0.39, 0.29) is 22.8 Å². The van der Waals surface area contributed by atoms with Crippen LogP contribution in [0.5, 0.6) is 5.75 Å². The molecule has 166 valence electrons. The summed E-state index contributed by atoms with van der Waals surface area (Å²) >= 11 is 0. The maximum absolute atomic E-state index is 12.9. The summed E-state index contributed by atoms with van der Waals surface area (Å²) in [6.45, 7) is 1.59. The summed E-state index contributed by atoms with van der Waals surface area (Å²) in [5, 5.41) is 5.06. The molecule has 1 heterocycles. The van der Waals surface area contributed by atoms with Crippen molar-refractivity contribution in [3.8, 4) is 5.75 Å². The number of methoxy groups -OCH3 is 1. The van der Waals surface area contributed by atoms with Gasteiger partial charge in [0.15, 0.2) is 0 Å². The molecule has 0 unspecified atom stereocenters. The SMILES string of the molecule is COc1ccc(C(=O)NCC(=O)Nc2cccnc2)cc1S(=O)(=O)Nc1ccc(C)cc1. The molecule has 0 aliphatic rings. The lowest BCUT2D eigenvalue weighted by atomic mass is 10.2. The number of amides is 2. The largest absolute Gasteiger partial charge is 0.495 e. The van der Waals surface area contributed by atoms with Gasteiger partial charge >= 0.3 is 0 Å². The van der Waals surface area contributed by atoms with Gasteiger partial charge in [-0.1, -0.05) is 17.7 Å². The first-order chi connectivity index (χ1) is 15.3. The Morgan fingerprint density at radius 2 is 1.78 bits per heavy atom. The summed E-state index contributed by atoms with van der Waals surface area (Å²) in [5.41, 5.74) is 1.91. The first kappa shape index (κ1) is 22.8. The van der Waals surface area contributed by atoms with Crippen LogP contribution in [0, 0.1) is 6.92 Å². The van der Waals surface area contributed by atoms with Crippen molar-refractivity contribution in [2.75, 3.05) is 23.7 Å². The van der Waals surface area contributed by atoms with Crippen molar-refractivity contribution in [3.05, 3.63) is 78.1 Å². The molecule has 2 amide bonds. The lowest BCUT2D eigenvalue weighted by Crippen LogP contribution is -2.33. The number of ether oxygens (including phenoxy) is 1. The second-order valence-electron chi connectivity index (χ2n) is 6.81. The molecule has 9 nitrogen and oxygen atoms in total. The van der Waals surface area contributed by atoms with E-state index in [9.17, 15) is 18.0 Å². The average molecular weight is 455 g/mol. The summed E-state index contributed by atoms with van der Waals surface area (Å²) in [7, 11) is -2.70. The first-order valence-corrected chi connectivity index (χ1v) is 11.0. The number of nitrogens with zero attached hydrogens (tertiary/aromatic N) is 1. The minimum Gasteiger partial charge on any atom is -0.495 e. The van der Waals surface area contributed by atoms with E-state index in [0.29, 0.717) is 11.4 Å². The van der Waals surface area contributed by atoms with Crippen LogP contribution in [-0.2, 0) is 14.8 Å². The predicted molar refractivity (Wildman–Crippen MR) is 120 cm³/mol. The highest BCUT2D eigenvalue weighted by molar-refractivity contribution is 7.92. The van der Waals surface area contributed by atoms with Gasteiger partial charge in [-0.05, 0) is 49.4 Å². The van der Waals surface area contributed by atoms with Crippen molar-refractivity contribution in [2.24, 2.45) is 0 Å². The number of carbonyl (C=O) groups excluding carboxylic acids is 2. The lowest BCUT2D eigenvalue weighted by Gasteiger charge is -2.13. The van der Waals surface area contributed by atoms with Crippen LogP contribution in [-0.4, -0.2) is 38.9 Å². The maximum atomic E-state index is 12.9. The van der Waals surface area contributed by atoms with Crippen LogP contribution in [0.4, 0.5) is 11.4 Å². The van der Waals surface area contributed by atoms with Crippen molar-refractivity contribution in [3.63, 3.8) is 0 Å². The topological polar surface area (TPSA) is 126 Å². The normalized spacial score (nSPS) is 10.8. The standard InChI is InChI=1S/C22H22N4O5S/c1-15-5-8-17(9-6-15)26-32(29,30)20-12-16(7-10-19(20)31-2)22(28)24-14-21(27)25-18-4-3-11-23-13-18/h3-13,26H,14H2,1-2H3,(H,24,28)(H,25,27). The Hall–Kier alpha value is -3.92. The third-order valence-corrected chi connectivity index (χ3v) is 5.78. The van der Waals surface area contributed by atoms with Crippen LogP contribution in [0.15, 0.2) is 71.9 Å². The fourth-order valence-electron chi connectivity index (χ4n) is 2.76. The summed E-state index contributed by atoms with van der Waals surface area (Å²) in [6.07, 6.45) is 3.04. The minimum atomic E-state index is -4.04. The number of carbonyl (C=O) groups is 2. The molecule has 0 bridgehead atoms. The monoisotopic (exact) mass is 454 g/mol. The molecular weight excluding hydrogens is 432 g/mol. The quantitative estimate of drug-likeness (QED) is 0.480. The second-order valence-corrected chi connectivity index (χ2v) is 8.46. The van der Waals surface area contributed by atoms with Gasteiger partial charge < -0.3 is 15.4 Å². The van der Waals surface area contributed by atoms with Gasteiger partial charge in [0.05, 0.1) is 25.5 Å². The molecule has 3 aromatic rings. The molecule has 0 radical (unpaired) electrons. The molecule has 3 rings (SSSR count). The number of hydrogen-bond acceptors (Lipinski definition) is 6. The van der Waals surface area contributed by atoms with E-state index in [2.05, 4.69) is 20.3 Å². The van der Waals surface area contributed by atoms with Crippen LogP contribution in [0.3, 0.4) is 0 Å². The molecule has 0 atom stereocenters. The third-order valence-electron chi connectivity index (χ3n) is 4.37. The highest BCUT2D eigenvalue weighted by Crippen LogP contribution is 2.27. The highest BCUT2D eigenvalue weighted by Gasteiger charge is 2.22. The van der Waals surface area contributed by atoms with Crippen molar-refractivity contribution in [1.29, 1.82) is 0 Å². The zero-order valence-corrected chi connectivity index (χ0v) is 18.3. The van der Waals surface area contributed by atoms with Gasteiger partial charge in [-0.3, -0.25) is 19.3 Å². The zero-order valence-electron chi connectivity index (χ0n) is 17.5. The van der Waals surface area contributed by atoms with Crippen LogP contribution in [0.25, 0.3) is 0 Å². The smallest absolute Gasteiger partial charge is 0.265 e. The van der Waals surface area contributed by atoms with Gasteiger partial charge in [0, 0.05) is 17.4 Å². The molecule has 10 heteroatoms. The van der Waals surface area contributed by atoms with E-state index in [4.69, 9.17) is 4.74 Å². The highest BCUT2D eigenvalue weighted by atomic mass is 32.2. The molecule has 2 aromatic carbocycles.